The third-order valence-corrected chi connectivity index (χ3v) is 3.14. The Bertz CT molecular complexity index is 370. The molecule has 1 unspecified atom stereocenters. The molecule has 1 rings (SSSR count). The van der Waals surface area contributed by atoms with E-state index in [1.807, 2.05) is 12.1 Å². The first-order chi connectivity index (χ1) is 7.00. The Morgan fingerprint density at radius 2 is 2.33 bits per heavy atom. The van der Waals surface area contributed by atoms with Gasteiger partial charge in [0, 0.05) is 20.8 Å². The summed E-state index contributed by atoms with van der Waals surface area (Å²) in [6.07, 6.45) is 0. The highest BCUT2D eigenvalue weighted by Crippen LogP contribution is 2.22. The highest BCUT2D eigenvalue weighted by atomic mass is 127. The van der Waals surface area contributed by atoms with Crippen molar-refractivity contribution in [2.75, 3.05) is 11.9 Å². The van der Waals surface area contributed by atoms with Crippen molar-refractivity contribution in [1.82, 2.24) is 0 Å². The maximum absolute atomic E-state index is 10.8. The van der Waals surface area contributed by atoms with Crippen LogP contribution in [0.15, 0.2) is 18.2 Å². The Morgan fingerprint density at radius 1 is 1.67 bits per heavy atom. The van der Waals surface area contributed by atoms with Crippen LogP contribution in [0.5, 0.6) is 0 Å². The molecule has 0 radical (unpaired) electrons. The van der Waals surface area contributed by atoms with E-state index in [4.69, 9.17) is 17.3 Å². The Balaban J connectivity index is 2.62. The van der Waals surface area contributed by atoms with Crippen LogP contribution in [0.25, 0.3) is 0 Å². The second-order valence-electron chi connectivity index (χ2n) is 3.31. The summed E-state index contributed by atoms with van der Waals surface area (Å²) in [5.41, 5.74) is 6.13. The smallest absolute Gasteiger partial charge is 0.222 e. The number of anilines is 1. The average Bonchev–Trinajstić information content (AvgIpc) is 2.15. The number of carbonyl (C=O) groups excluding carboxylic acids is 1. The lowest BCUT2D eigenvalue weighted by Crippen LogP contribution is -2.26. The highest BCUT2D eigenvalue weighted by Gasteiger charge is 2.08. The topological polar surface area (TPSA) is 55.1 Å². The second-order valence-corrected chi connectivity index (χ2v) is 4.91. The summed E-state index contributed by atoms with van der Waals surface area (Å²) in [5, 5.41) is 3.86. The van der Waals surface area contributed by atoms with E-state index in [2.05, 4.69) is 27.9 Å². The molecule has 0 aliphatic rings. The van der Waals surface area contributed by atoms with Crippen molar-refractivity contribution in [1.29, 1.82) is 0 Å². The van der Waals surface area contributed by atoms with E-state index in [1.54, 1.807) is 13.0 Å². The van der Waals surface area contributed by atoms with Crippen LogP contribution in [0.3, 0.4) is 0 Å². The summed E-state index contributed by atoms with van der Waals surface area (Å²) < 4.78 is 1.02. The van der Waals surface area contributed by atoms with Gasteiger partial charge in [-0.15, -0.1) is 0 Å². The van der Waals surface area contributed by atoms with Gasteiger partial charge in [0.15, 0.2) is 0 Å². The molecule has 0 saturated heterocycles. The van der Waals surface area contributed by atoms with E-state index in [-0.39, 0.29) is 11.8 Å². The number of rotatable bonds is 4. The zero-order valence-corrected chi connectivity index (χ0v) is 11.2. The summed E-state index contributed by atoms with van der Waals surface area (Å²) in [7, 11) is 0. The normalized spacial score (nSPS) is 12.2. The van der Waals surface area contributed by atoms with E-state index < -0.39 is 0 Å². The summed E-state index contributed by atoms with van der Waals surface area (Å²) in [6, 6.07) is 5.55. The lowest BCUT2D eigenvalue weighted by Gasteiger charge is -2.11. The third-order valence-electron chi connectivity index (χ3n) is 2.02. The van der Waals surface area contributed by atoms with Gasteiger partial charge < -0.3 is 11.1 Å². The second kappa shape index (κ2) is 5.55. The van der Waals surface area contributed by atoms with Crippen LogP contribution in [0.2, 0.25) is 5.02 Å². The van der Waals surface area contributed by atoms with E-state index in [9.17, 15) is 4.79 Å². The van der Waals surface area contributed by atoms with Crippen molar-refractivity contribution >= 4 is 45.8 Å². The number of benzene rings is 1. The van der Waals surface area contributed by atoms with Gasteiger partial charge in [0.05, 0.1) is 5.92 Å². The molecule has 82 valence electrons. The number of halogens is 2. The van der Waals surface area contributed by atoms with Gasteiger partial charge in [0.1, 0.15) is 0 Å². The van der Waals surface area contributed by atoms with Gasteiger partial charge >= 0.3 is 0 Å². The molecule has 3 N–H and O–H groups in total. The first-order valence-electron chi connectivity index (χ1n) is 4.49. The Morgan fingerprint density at radius 3 is 2.87 bits per heavy atom. The molecule has 0 fully saturated rings. The maximum Gasteiger partial charge on any atom is 0.222 e. The Labute approximate surface area is 108 Å². The van der Waals surface area contributed by atoms with E-state index >= 15 is 0 Å². The van der Waals surface area contributed by atoms with Gasteiger partial charge in [-0.05, 0) is 40.8 Å². The largest absolute Gasteiger partial charge is 0.383 e. The first-order valence-corrected chi connectivity index (χ1v) is 5.94. The molecule has 3 nitrogen and oxygen atoms in total. The number of nitrogens with two attached hydrogens (primary N) is 1. The van der Waals surface area contributed by atoms with Gasteiger partial charge in [-0.2, -0.15) is 0 Å². The predicted octanol–water partition coefficient (Wildman–Crippen LogP) is 2.48. The number of primary amides is 1. The first kappa shape index (κ1) is 12.6. The summed E-state index contributed by atoms with van der Waals surface area (Å²) in [4.78, 5) is 10.8. The predicted molar refractivity (Wildman–Crippen MR) is 71.0 cm³/mol. The van der Waals surface area contributed by atoms with Gasteiger partial charge in [-0.25, -0.2) is 0 Å². The van der Waals surface area contributed by atoms with Crippen LogP contribution in [0.4, 0.5) is 5.69 Å². The van der Waals surface area contributed by atoms with Crippen LogP contribution < -0.4 is 11.1 Å². The van der Waals surface area contributed by atoms with Crippen molar-refractivity contribution < 1.29 is 4.79 Å². The molecule has 0 bridgehead atoms. The molecule has 0 heterocycles. The minimum absolute atomic E-state index is 0.184. The molecule has 1 amide bonds. The monoisotopic (exact) mass is 338 g/mol. The molecule has 0 spiro atoms. The van der Waals surface area contributed by atoms with Gasteiger partial charge in [0.25, 0.3) is 0 Å². The number of hydrogen-bond acceptors (Lipinski definition) is 2. The molecule has 1 aromatic carbocycles. The summed E-state index contributed by atoms with van der Waals surface area (Å²) in [5.74, 6) is -0.483. The van der Waals surface area contributed by atoms with E-state index in [0.717, 1.165) is 9.26 Å². The molecule has 5 heteroatoms. The Kier molecular flexibility index (Phi) is 4.66. The molecule has 1 aromatic rings. The third kappa shape index (κ3) is 3.87. The average molecular weight is 339 g/mol. The van der Waals surface area contributed by atoms with Crippen molar-refractivity contribution in [2.45, 2.75) is 6.92 Å². The van der Waals surface area contributed by atoms with Crippen LogP contribution in [0.1, 0.15) is 6.92 Å². The molecule has 1 atom stereocenters. The minimum atomic E-state index is -0.300. The minimum Gasteiger partial charge on any atom is -0.383 e. The van der Waals surface area contributed by atoms with Crippen LogP contribution in [0, 0.1) is 9.49 Å². The SMILES string of the molecule is CC(CNc1ccc(Cl)cc1I)C(N)=O. The van der Waals surface area contributed by atoms with Gasteiger partial charge in [-0.1, -0.05) is 18.5 Å². The zero-order valence-electron chi connectivity index (χ0n) is 8.26. The zero-order chi connectivity index (χ0) is 11.4. The van der Waals surface area contributed by atoms with Crippen LogP contribution >= 0.6 is 34.2 Å². The molecule has 0 aromatic heterocycles. The lowest BCUT2D eigenvalue weighted by atomic mass is 10.1. The molecule has 0 saturated carbocycles. The van der Waals surface area contributed by atoms with Crippen LogP contribution in [-0.4, -0.2) is 12.5 Å². The van der Waals surface area contributed by atoms with E-state index in [1.165, 1.54) is 0 Å². The van der Waals surface area contributed by atoms with Gasteiger partial charge in [-0.3, -0.25) is 4.79 Å². The van der Waals surface area contributed by atoms with Crippen molar-refractivity contribution in [3.8, 4) is 0 Å². The number of hydrogen-bond donors (Lipinski definition) is 2. The molecular formula is C10H12ClIN2O. The van der Waals surface area contributed by atoms with Crippen LogP contribution in [-0.2, 0) is 4.79 Å². The molecule has 0 aliphatic heterocycles. The molecule has 0 aliphatic carbocycles. The van der Waals surface area contributed by atoms with Crippen molar-refractivity contribution in [3.05, 3.63) is 26.8 Å². The Hall–Kier alpha value is -0.490. The van der Waals surface area contributed by atoms with Gasteiger partial charge in [0.2, 0.25) is 5.91 Å². The summed E-state index contributed by atoms with van der Waals surface area (Å²) in [6.45, 7) is 2.32. The fraction of sp³-hybridized carbons (Fsp3) is 0.300. The quantitative estimate of drug-likeness (QED) is 0.829. The van der Waals surface area contributed by atoms with Crippen molar-refractivity contribution in [3.63, 3.8) is 0 Å². The maximum atomic E-state index is 10.8. The number of nitrogens with one attached hydrogen (secondary N) is 1. The molecular weight excluding hydrogens is 326 g/mol. The fourth-order valence-corrected chi connectivity index (χ4v) is 2.06. The molecule has 15 heavy (non-hydrogen) atoms. The standard InChI is InChI=1S/C10H12ClIN2O/c1-6(10(13)15)5-14-9-3-2-7(11)4-8(9)12/h2-4,6,14H,5H2,1H3,(H2,13,15). The fourth-order valence-electron chi connectivity index (χ4n) is 0.996. The lowest BCUT2D eigenvalue weighted by molar-refractivity contribution is -0.120. The summed E-state index contributed by atoms with van der Waals surface area (Å²) >= 11 is 8.01. The van der Waals surface area contributed by atoms with Crippen molar-refractivity contribution in [2.24, 2.45) is 11.7 Å². The number of carbonyl (C=O) groups is 1. The number of amides is 1. The highest BCUT2D eigenvalue weighted by molar-refractivity contribution is 14.1. The van der Waals surface area contributed by atoms with E-state index in [0.29, 0.717) is 11.6 Å².